The van der Waals surface area contributed by atoms with Gasteiger partial charge in [-0.25, -0.2) is 17.9 Å². The Hall–Kier alpha value is -4.08. The highest BCUT2D eigenvalue weighted by Gasteiger charge is 2.23. The lowest BCUT2D eigenvalue weighted by atomic mass is 9.87. The summed E-state index contributed by atoms with van der Waals surface area (Å²) in [4.78, 5) is 24.0. The molecule has 1 saturated heterocycles. The van der Waals surface area contributed by atoms with Crippen LogP contribution < -0.4 is 32.5 Å². The van der Waals surface area contributed by atoms with Crippen molar-refractivity contribution in [1.29, 1.82) is 0 Å². The molecule has 50 heavy (non-hydrogen) atoms. The van der Waals surface area contributed by atoms with Crippen molar-refractivity contribution in [2.24, 2.45) is 16.5 Å². The number of H-pyrrole nitrogens is 1. The number of aromatic nitrogens is 3. The summed E-state index contributed by atoms with van der Waals surface area (Å²) in [5.41, 5.74) is 14.7. The number of nitrogens with one attached hydrogen (secondary N) is 4. The third-order valence-electron chi connectivity index (χ3n) is 8.37. The predicted octanol–water partition coefficient (Wildman–Crippen LogP) is 2.75. The van der Waals surface area contributed by atoms with E-state index in [1.54, 1.807) is 16.7 Å². The van der Waals surface area contributed by atoms with E-state index >= 15 is 0 Å². The molecule has 0 bridgehead atoms. The van der Waals surface area contributed by atoms with E-state index in [2.05, 4.69) is 71.9 Å². The molecule has 0 radical (unpaired) electrons. The number of piperidine rings is 1. The van der Waals surface area contributed by atoms with Crippen LogP contribution in [0, 0.1) is 0 Å². The van der Waals surface area contributed by atoms with Gasteiger partial charge in [-0.15, -0.1) is 0 Å². The molecule has 4 aromatic rings. The summed E-state index contributed by atoms with van der Waals surface area (Å²) in [5.74, 6) is -0.0400. The maximum absolute atomic E-state index is 12.5. The topological polar surface area (TPSA) is 206 Å². The van der Waals surface area contributed by atoms with Crippen molar-refractivity contribution in [3.8, 4) is 5.69 Å². The zero-order chi connectivity index (χ0) is 36.7. The molecule has 0 aliphatic carbocycles. The number of nitrogens with zero attached hydrogens (tertiary/aromatic N) is 3. The summed E-state index contributed by atoms with van der Waals surface area (Å²) in [6.45, 7) is 15.4. The van der Waals surface area contributed by atoms with Crippen LogP contribution in [0.15, 0.2) is 75.5 Å². The molecule has 5 rings (SSSR count). The van der Waals surface area contributed by atoms with Gasteiger partial charge < -0.3 is 32.2 Å². The van der Waals surface area contributed by atoms with E-state index < -0.39 is 16.1 Å². The van der Waals surface area contributed by atoms with Gasteiger partial charge in [-0.2, -0.15) is 4.98 Å². The van der Waals surface area contributed by atoms with E-state index in [4.69, 9.17) is 11.5 Å². The van der Waals surface area contributed by atoms with Crippen LogP contribution in [-0.2, 0) is 27.4 Å². The van der Waals surface area contributed by atoms with Crippen LogP contribution in [0.4, 0.5) is 0 Å². The van der Waals surface area contributed by atoms with Gasteiger partial charge >= 0.3 is 5.69 Å². The van der Waals surface area contributed by atoms with Crippen molar-refractivity contribution in [2.45, 2.75) is 88.8 Å². The number of fused-ring (bicyclic) bond motifs is 1. The van der Waals surface area contributed by atoms with Gasteiger partial charge in [0.05, 0.1) is 23.2 Å². The van der Waals surface area contributed by atoms with Crippen LogP contribution in [0.5, 0.6) is 0 Å². The molecule has 272 valence electrons. The lowest BCUT2D eigenvalue weighted by Gasteiger charge is -2.24. The summed E-state index contributed by atoms with van der Waals surface area (Å²) in [5, 5.41) is 17.1. The molecular formula is C36H53N9O4S. The van der Waals surface area contributed by atoms with Crippen molar-refractivity contribution in [1.82, 2.24) is 29.9 Å². The molecule has 13 nitrogen and oxygen atoms in total. The van der Waals surface area contributed by atoms with Gasteiger partial charge in [0.15, 0.2) is 5.96 Å². The molecule has 3 heterocycles. The number of aliphatic hydroxyl groups excluding tert-OH is 1. The number of hydrogen-bond acceptors (Lipinski definition) is 8. The second kappa shape index (κ2) is 16.3. The average molecular weight is 708 g/mol. The van der Waals surface area contributed by atoms with Gasteiger partial charge in [-0.1, -0.05) is 65.8 Å². The summed E-state index contributed by atoms with van der Waals surface area (Å²) >= 11 is 0. The van der Waals surface area contributed by atoms with Crippen LogP contribution in [0.3, 0.4) is 0 Å². The summed E-state index contributed by atoms with van der Waals surface area (Å²) in [7, 11) is -3.41. The van der Waals surface area contributed by atoms with E-state index in [1.165, 1.54) is 0 Å². The Bertz CT molecular complexity index is 1890. The van der Waals surface area contributed by atoms with E-state index in [0.717, 1.165) is 47.3 Å². The predicted molar refractivity (Wildman–Crippen MR) is 200 cm³/mol. The highest BCUT2D eigenvalue weighted by atomic mass is 32.2. The highest BCUT2D eigenvalue weighted by Crippen LogP contribution is 2.25. The van der Waals surface area contributed by atoms with Crippen LogP contribution >= 0.6 is 0 Å². The third kappa shape index (κ3) is 11.0. The SMILES string of the molecule is CC(C)(C)c1cc2cn(-c3ccc(CNCC(O)CN=C(N)N)cc3)c(=O)nc2[nH]1.CC(C)(C)c1ccc(S(=O)(=O)N[C@@H]2CCCNC2)cc1. The number of aliphatic hydroxyl groups is 1. The minimum Gasteiger partial charge on any atom is -0.390 e. The van der Waals surface area contributed by atoms with Gasteiger partial charge in [0, 0.05) is 48.4 Å². The Kier molecular flexibility index (Phi) is 12.6. The first-order valence-corrected chi connectivity index (χ1v) is 18.4. The number of sulfonamides is 1. The molecule has 2 aromatic heterocycles. The number of hydrogen-bond donors (Lipinski definition) is 7. The molecular weight excluding hydrogens is 655 g/mol. The quantitative estimate of drug-likeness (QED) is 0.0955. The Balaban J connectivity index is 0.000000244. The molecule has 1 fully saturated rings. The van der Waals surface area contributed by atoms with E-state index in [0.29, 0.717) is 30.2 Å². The number of aliphatic imine (C=N–C) groups is 1. The highest BCUT2D eigenvalue weighted by molar-refractivity contribution is 7.89. The van der Waals surface area contributed by atoms with Gasteiger partial charge in [-0.05, 0) is 66.3 Å². The molecule has 2 aromatic carbocycles. The van der Waals surface area contributed by atoms with E-state index in [9.17, 15) is 18.3 Å². The van der Waals surface area contributed by atoms with Gasteiger partial charge in [0.25, 0.3) is 0 Å². The minimum absolute atomic E-state index is 0.00366. The van der Waals surface area contributed by atoms with Crippen LogP contribution in [0.2, 0.25) is 0 Å². The number of nitrogens with two attached hydrogens (primary N) is 2. The van der Waals surface area contributed by atoms with Crippen molar-refractivity contribution in [2.75, 3.05) is 26.2 Å². The van der Waals surface area contributed by atoms with Crippen LogP contribution in [0.1, 0.15) is 71.2 Å². The fourth-order valence-corrected chi connectivity index (χ4v) is 6.66. The second-order valence-corrected chi connectivity index (χ2v) is 16.5. The van der Waals surface area contributed by atoms with Crippen molar-refractivity contribution < 1.29 is 13.5 Å². The largest absolute Gasteiger partial charge is 0.390 e. The normalized spacial score (nSPS) is 16.0. The summed E-state index contributed by atoms with van der Waals surface area (Å²) in [6.07, 6.45) is 3.05. The Morgan fingerprint density at radius 3 is 2.32 bits per heavy atom. The molecule has 0 spiro atoms. The fraction of sp³-hybridized carbons (Fsp3) is 0.472. The van der Waals surface area contributed by atoms with E-state index in [1.807, 2.05) is 48.7 Å². The number of rotatable bonds is 10. The molecule has 14 heteroatoms. The van der Waals surface area contributed by atoms with E-state index in [-0.39, 0.29) is 35.1 Å². The lowest BCUT2D eigenvalue weighted by Crippen LogP contribution is -2.45. The third-order valence-corrected chi connectivity index (χ3v) is 9.91. The first kappa shape index (κ1) is 38.7. The minimum atomic E-state index is -3.41. The molecule has 1 unspecified atom stereocenters. The number of benzene rings is 2. The van der Waals surface area contributed by atoms with Gasteiger partial charge in [0.1, 0.15) is 5.65 Å². The first-order valence-electron chi connectivity index (χ1n) is 16.9. The second-order valence-electron chi connectivity index (χ2n) is 14.8. The molecule has 0 amide bonds. The maximum Gasteiger partial charge on any atom is 0.354 e. The lowest BCUT2D eigenvalue weighted by molar-refractivity contribution is 0.180. The summed E-state index contributed by atoms with van der Waals surface area (Å²) in [6, 6.07) is 16.8. The Morgan fingerprint density at radius 1 is 1.06 bits per heavy atom. The number of guanidine groups is 1. The number of aromatic amines is 1. The fourth-order valence-electron chi connectivity index (χ4n) is 5.39. The molecule has 1 aliphatic rings. The Labute approximate surface area is 295 Å². The van der Waals surface area contributed by atoms with Crippen molar-refractivity contribution in [3.63, 3.8) is 0 Å². The Morgan fingerprint density at radius 2 is 1.74 bits per heavy atom. The van der Waals surface area contributed by atoms with Gasteiger partial charge in [-0.3, -0.25) is 9.56 Å². The molecule has 2 atom stereocenters. The van der Waals surface area contributed by atoms with Crippen LogP contribution in [0.25, 0.3) is 16.7 Å². The molecule has 1 aliphatic heterocycles. The monoisotopic (exact) mass is 707 g/mol. The van der Waals surface area contributed by atoms with Crippen molar-refractivity contribution >= 4 is 27.0 Å². The zero-order valence-electron chi connectivity index (χ0n) is 30.0. The first-order chi connectivity index (χ1) is 23.4. The summed E-state index contributed by atoms with van der Waals surface area (Å²) < 4.78 is 29.0. The zero-order valence-corrected chi connectivity index (χ0v) is 30.8. The van der Waals surface area contributed by atoms with Crippen LogP contribution in [-0.4, -0.2) is 72.3 Å². The standard InChI is InChI=1S/C21H29N7O2.C15H24N2O2S/c1-21(2,3)17-8-14-12-28(20(30)27-18(14)26-17)15-6-4-13(5-7-15)9-24-10-16(29)11-25-19(22)23;1-15(2,3)12-6-8-14(9-7-12)20(18,19)17-13-5-4-10-16-11-13/h4-8,12,16,24,29H,9-11H2,1-3H3,(H4,22,23,25)(H,26,27,30);6-9,13,16-17H,4-5,10-11H2,1-3H3/t;13-/m.1/s1. The molecule has 9 N–H and O–H groups in total. The average Bonchev–Trinajstić information content (AvgIpc) is 3.48. The maximum atomic E-state index is 12.5. The smallest absolute Gasteiger partial charge is 0.354 e. The molecule has 0 saturated carbocycles. The van der Waals surface area contributed by atoms with Gasteiger partial charge in [0.2, 0.25) is 10.0 Å². The van der Waals surface area contributed by atoms with Crippen molar-refractivity contribution in [3.05, 3.63) is 88.1 Å².